The Morgan fingerprint density at radius 2 is 2.12 bits per heavy atom. The van der Waals surface area contributed by atoms with Crippen molar-refractivity contribution in [1.29, 1.82) is 0 Å². The van der Waals surface area contributed by atoms with Gasteiger partial charge in [-0.2, -0.15) is 0 Å². The van der Waals surface area contributed by atoms with Gasteiger partial charge < -0.3 is 14.6 Å². The van der Waals surface area contributed by atoms with E-state index in [1.165, 1.54) is 11.8 Å². The zero-order chi connectivity index (χ0) is 16.9. The molecule has 0 bridgehead atoms. The van der Waals surface area contributed by atoms with Crippen molar-refractivity contribution in [2.75, 3.05) is 6.54 Å². The number of benzene rings is 1. The first-order valence-electron chi connectivity index (χ1n) is 7.84. The van der Waals surface area contributed by atoms with Crippen LogP contribution in [0.25, 0.3) is 0 Å². The summed E-state index contributed by atoms with van der Waals surface area (Å²) >= 11 is 7.32. The third kappa shape index (κ3) is 4.21. The van der Waals surface area contributed by atoms with Gasteiger partial charge in [0.15, 0.2) is 11.0 Å². The number of amides is 1. The maximum Gasteiger partial charge on any atom is 0.233 e. The summed E-state index contributed by atoms with van der Waals surface area (Å²) in [5, 5.41) is 12.6. The molecule has 1 fully saturated rings. The van der Waals surface area contributed by atoms with Crippen LogP contribution in [-0.2, 0) is 18.4 Å². The monoisotopic (exact) mass is 366 g/mol. The Morgan fingerprint density at radius 3 is 2.92 bits per heavy atom. The number of rotatable bonds is 5. The first-order valence-corrected chi connectivity index (χ1v) is 9.10. The Labute approximate surface area is 149 Å². The van der Waals surface area contributed by atoms with E-state index in [0.29, 0.717) is 17.5 Å². The molecule has 24 heavy (non-hydrogen) atoms. The van der Waals surface area contributed by atoms with Gasteiger partial charge in [0.05, 0.1) is 5.25 Å². The summed E-state index contributed by atoms with van der Waals surface area (Å²) in [5.74, 6) is 1.51. The fourth-order valence-electron chi connectivity index (χ4n) is 2.40. The maximum atomic E-state index is 12.1. The van der Waals surface area contributed by atoms with Crippen molar-refractivity contribution in [2.24, 2.45) is 7.05 Å². The molecule has 0 aliphatic carbocycles. The Morgan fingerprint density at radius 1 is 1.33 bits per heavy atom. The number of nitrogens with one attached hydrogen (secondary N) is 1. The van der Waals surface area contributed by atoms with Crippen LogP contribution in [0.15, 0.2) is 29.4 Å². The second-order valence-corrected chi connectivity index (χ2v) is 7.20. The number of halogens is 1. The number of hydrogen-bond donors (Lipinski definition) is 1. The molecule has 2 aromatic rings. The smallest absolute Gasteiger partial charge is 0.233 e. The lowest BCUT2D eigenvalue weighted by atomic mass is 10.2. The fourth-order valence-corrected chi connectivity index (χ4v) is 3.61. The first kappa shape index (κ1) is 17.1. The highest BCUT2D eigenvalue weighted by molar-refractivity contribution is 8.00. The molecule has 1 amide bonds. The summed E-state index contributed by atoms with van der Waals surface area (Å²) in [7, 11) is 1.89. The Hall–Kier alpha value is -1.73. The van der Waals surface area contributed by atoms with Gasteiger partial charge >= 0.3 is 0 Å². The number of nitrogens with zero attached hydrogens (tertiary/aromatic N) is 3. The van der Waals surface area contributed by atoms with Crippen LogP contribution >= 0.6 is 23.4 Å². The predicted octanol–water partition coefficient (Wildman–Crippen LogP) is 2.81. The van der Waals surface area contributed by atoms with Crippen molar-refractivity contribution in [2.45, 2.75) is 36.3 Å². The predicted molar refractivity (Wildman–Crippen MR) is 93.3 cm³/mol. The number of carbonyl (C=O) groups is 1. The van der Waals surface area contributed by atoms with Gasteiger partial charge in [-0.1, -0.05) is 29.8 Å². The van der Waals surface area contributed by atoms with Crippen LogP contribution in [0.5, 0.6) is 5.75 Å². The Balaban J connectivity index is 1.62. The minimum atomic E-state index is -0.111. The zero-order valence-corrected chi connectivity index (χ0v) is 14.9. The number of carbonyl (C=O) groups excluding carboxylic acids is 1. The number of aromatic nitrogens is 3. The van der Waals surface area contributed by atoms with Gasteiger partial charge in [0, 0.05) is 18.6 Å². The van der Waals surface area contributed by atoms with Crippen molar-refractivity contribution in [1.82, 2.24) is 20.1 Å². The fraction of sp³-hybridized carbons (Fsp3) is 0.438. The molecule has 0 spiro atoms. The highest BCUT2D eigenvalue weighted by Gasteiger charge is 2.24. The van der Waals surface area contributed by atoms with Gasteiger partial charge in [-0.05, 0) is 37.1 Å². The standard InChI is InChI=1S/C16H19ClN4O2S/c1-21-14(10-23-12-7-5-11(17)6-8-12)19-20-16(21)24-13-4-2-3-9-18-15(13)22/h5-8,13H,2-4,9-10H2,1H3,(H,18,22)/t13-/m0/s1. The Kier molecular flexibility index (Phi) is 5.63. The topological polar surface area (TPSA) is 69.0 Å². The molecule has 0 saturated carbocycles. The molecule has 1 aliphatic heterocycles. The van der Waals surface area contributed by atoms with E-state index in [4.69, 9.17) is 16.3 Å². The van der Waals surface area contributed by atoms with Crippen molar-refractivity contribution < 1.29 is 9.53 Å². The lowest BCUT2D eigenvalue weighted by Gasteiger charge is -2.12. The second kappa shape index (κ2) is 7.90. The molecule has 3 rings (SSSR count). The SMILES string of the molecule is Cn1c(COc2ccc(Cl)cc2)nnc1S[C@H]1CCCCNC1=O. The van der Waals surface area contributed by atoms with Gasteiger partial charge in [0.2, 0.25) is 5.91 Å². The van der Waals surface area contributed by atoms with E-state index in [1.807, 2.05) is 23.7 Å². The minimum Gasteiger partial charge on any atom is -0.486 e. The normalized spacial score (nSPS) is 18.1. The lowest BCUT2D eigenvalue weighted by molar-refractivity contribution is -0.120. The molecule has 0 radical (unpaired) electrons. The highest BCUT2D eigenvalue weighted by atomic mass is 35.5. The van der Waals surface area contributed by atoms with Crippen molar-refractivity contribution in [3.8, 4) is 5.75 Å². The van der Waals surface area contributed by atoms with Crippen LogP contribution in [0.4, 0.5) is 0 Å². The molecular weight excluding hydrogens is 348 g/mol. The maximum absolute atomic E-state index is 12.1. The number of thioether (sulfide) groups is 1. The van der Waals surface area contributed by atoms with Gasteiger partial charge in [-0.3, -0.25) is 4.79 Å². The van der Waals surface area contributed by atoms with E-state index in [9.17, 15) is 4.79 Å². The van der Waals surface area contributed by atoms with E-state index in [1.54, 1.807) is 12.1 Å². The van der Waals surface area contributed by atoms with Crippen LogP contribution in [0, 0.1) is 0 Å². The average Bonchev–Trinajstić information content (AvgIpc) is 2.79. The lowest BCUT2D eigenvalue weighted by Crippen LogP contribution is -2.30. The number of hydrogen-bond acceptors (Lipinski definition) is 5. The van der Waals surface area contributed by atoms with E-state index in [0.717, 1.165) is 36.7 Å². The van der Waals surface area contributed by atoms with Gasteiger partial charge in [0.25, 0.3) is 0 Å². The summed E-state index contributed by atoms with van der Waals surface area (Å²) in [6, 6.07) is 7.17. The summed E-state index contributed by atoms with van der Waals surface area (Å²) in [6.07, 6.45) is 2.93. The highest BCUT2D eigenvalue weighted by Crippen LogP contribution is 2.27. The summed E-state index contributed by atoms with van der Waals surface area (Å²) in [6.45, 7) is 1.07. The average molecular weight is 367 g/mol. The zero-order valence-electron chi connectivity index (χ0n) is 13.4. The summed E-state index contributed by atoms with van der Waals surface area (Å²) in [5.41, 5.74) is 0. The summed E-state index contributed by atoms with van der Waals surface area (Å²) in [4.78, 5) is 12.1. The van der Waals surface area contributed by atoms with E-state index >= 15 is 0 Å². The largest absolute Gasteiger partial charge is 0.486 e. The van der Waals surface area contributed by atoms with Crippen molar-refractivity contribution in [3.05, 3.63) is 35.1 Å². The Bertz CT molecular complexity index is 705. The molecule has 1 aromatic heterocycles. The second-order valence-electron chi connectivity index (χ2n) is 5.59. The summed E-state index contributed by atoms with van der Waals surface area (Å²) < 4.78 is 7.58. The molecule has 1 N–H and O–H groups in total. The van der Waals surface area contributed by atoms with Crippen LogP contribution in [0.1, 0.15) is 25.1 Å². The molecule has 0 unspecified atom stereocenters. The van der Waals surface area contributed by atoms with Crippen molar-refractivity contribution >= 4 is 29.3 Å². The molecule has 2 heterocycles. The molecule has 1 aliphatic rings. The molecule has 1 saturated heterocycles. The first-order chi connectivity index (χ1) is 11.6. The molecular formula is C16H19ClN4O2S. The minimum absolute atomic E-state index is 0.0828. The van der Waals surface area contributed by atoms with Gasteiger partial charge in [0.1, 0.15) is 12.4 Å². The van der Waals surface area contributed by atoms with Gasteiger partial charge in [-0.15, -0.1) is 10.2 Å². The third-order valence-corrected chi connectivity index (χ3v) is 5.39. The van der Waals surface area contributed by atoms with Crippen LogP contribution in [0.3, 0.4) is 0 Å². The molecule has 1 atom stereocenters. The van der Waals surface area contributed by atoms with Gasteiger partial charge in [-0.25, -0.2) is 0 Å². The molecule has 1 aromatic carbocycles. The van der Waals surface area contributed by atoms with Crippen LogP contribution in [0.2, 0.25) is 5.02 Å². The van der Waals surface area contributed by atoms with Crippen molar-refractivity contribution in [3.63, 3.8) is 0 Å². The molecule has 128 valence electrons. The van der Waals surface area contributed by atoms with Crippen LogP contribution in [-0.4, -0.2) is 32.5 Å². The molecule has 8 heteroatoms. The van der Waals surface area contributed by atoms with E-state index < -0.39 is 0 Å². The third-order valence-electron chi connectivity index (χ3n) is 3.84. The number of ether oxygens (including phenoxy) is 1. The quantitative estimate of drug-likeness (QED) is 0.881. The van der Waals surface area contributed by atoms with E-state index in [-0.39, 0.29) is 11.2 Å². The van der Waals surface area contributed by atoms with Crippen LogP contribution < -0.4 is 10.1 Å². The molecule has 6 nitrogen and oxygen atoms in total. The van der Waals surface area contributed by atoms with E-state index in [2.05, 4.69) is 15.5 Å².